The molecule has 0 N–H and O–H groups in total. The van der Waals surface area contributed by atoms with Crippen molar-refractivity contribution >= 4 is 11.9 Å². The molecule has 4 aliphatic rings. The summed E-state index contributed by atoms with van der Waals surface area (Å²) in [6, 6.07) is 0. The molecule has 0 aromatic heterocycles. The van der Waals surface area contributed by atoms with E-state index in [0.717, 1.165) is 18.4 Å². The van der Waals surface area contributed by atoms with Gasteiger partial charge in [0.1, 0.15) is 24.4 Å². The van der Waals surface area contributed by atoms with Crippen LogP contribution in [0.25, 0.3) is 0 Å². The number of carbonyl (C=O) groups is 2. The molecule has 5 heteroatoms. The van der Waals surface area contributed by atoms with Crippen LogP contribution in [-0.2, 0) is 23.8 Å². The van der Waals surface area contributed by atoms with Crippen molar-refractivity contribution in [3.8, 4) is 0 Å². The summed E-state index contributed by atoms with van der Waals surface area (Å²) >= 11 is 0. The smallest absolute Gasteiger partial charge is 0.333 e. The monoisotopic (exact) mass is 346 g/mol. The summed E-state index contributed by atoms with van der Waals surface area (Å²) in [5.74, 6) is -0.303. The molecule has 0 amide bonds. The van der Waals surface area contributed by atoms with Gasteiger partial charge in [-0.15, -0.1) is 0 Å². The Morgan fingerprint density at radius 2 is 2.12 bits per heavy atom. The van der Waals surface area contributed by atoms with Crippen molar-refractivity contribution in [2.45, 2.75) is 65.0 Å². The highest BCUT2D eigenvalue weighted by atomic mass is 16.6. The lowest BCUT2D eigenvalue weighted by Gasteiger charge is -2.52. The minimum Gasteiger partial charge on any atom is -0.461 e. The second kappa shape index (κ2) is 5.44. The minimum atomic E-state index is -0.328. The van der Waals surface area contributed by atoms with E-state index in [9.17, 15) is 9.59 Å². The van der Waals surface area contributed by atoms with Gasteiger partial charge in [0.2, 0.25) is 0 Å². The molecular formula is C20H26O5. The minimum absolute atomic E-state index is 0.0207. The summed E-state index contributed by atoms with van der Waals surface area (Å²) in [7, 11) is 0. The first kappa shape index (κ1) is 16.8. The van der Waals surface area contributed by atoms with Gasteiger partial charge in [0.05, 0.1) is 5.92 Å². The lowest BCUT2D eigenvalue weighted by molar-refractivity contribution is -0.168. The average molecular weight is 346 g/mol. The van der Waals surface area contributed by atoms with E-state index < -0.39 is 0 Å². The van der Waals surface area contributed by atoms with Crippen molar-refractivity contribution < 1.29 is 23.8 Å². The van der Waals surface area contributed by atoms with Crippen molar-refractivity contribution in [2.24, 2.45) is 23.2 Å². The van der Waals surface area contributed by atoms with E-state index in [2.05, 4.69) is 13.5 Å². The summed E-state index contributed by atoms with van der Waals surface area (Å²) in [5.41, 5.74) is 1.28. The van der Waals surface area contributed by atoms with Crippen LogP contribution in [0.5, 0.6) is 0 Å². The normalized spacial score (nSPS) is 48.2. The summed E-state index contributed by atoms with van der Waals surface area (Å²) < 4.78 is 17.5. The summed E-state index contributed by atoms with van der Waals surface area (Å²) in [6.45, 7) is 11.9. The van der Waals surface area contributed by atoms with Gasteiger partial charge in [0, 0.05) is 22.8 Å². The Morgan fingerprint density at radius 1 is 1.40 bits per heavy atom. The maximum absolute atomic E-state index is 12.4. The van der Waals surface area contributed by atoms with Gasteiger partial charge >= 0.3 is 11.9 Å². The fourth-order valence-electron chi connectivity index (χ4n) is 5.21. The Kier molecular flexibility index (Phi) is 3.66. The summed E-state index contributed by atoms with van der Waals surface area (Å²) in [6.07, 6.45) is 2.81. The van der Waals surface area contributed by atoms with Crippen LogP contribution in [0, 0.1) is 23.2 Å². The van der Waals surface area contributed by atoms with Gasteiger partial charge in [0.15, 0.2) is 0 Å². The molecule has 2 saturated heterocycles. The van der Waals surface area contributed by atoms with Gasteiger partial charge in [-0.3, -0.25) is 4.79 Å². The van der Waals surface area contributed by atoms with E-state index in [1.807, 2.05) is 13.8 Å². The molecule has 0 spiro atoms. The van der Waals surface area contributed by atoms with E-state index in [0.29, 0.717) is 5.57 Å². The molecule has 2 heterocycles. The second-order valence-electron chi connectivity index (χ2n) is 8.27. The molecule has 0 aromatic carbocycles. The quantitative estimate of drug-likeness (QED) is 0.333. The second-order valence-corrected chi connectivity index (χ2v) is 8.27. The van der Waals surface area contributed by atoms with Gasteiger partial charge in [-0.25, -0.2) is 4.79 Å². The van der Waals surface area contributed by atoms with Gasteiger partial charge in [0.25, 0.3) is 0 Å². The summed E-state index contributed by atoms with van der Waals surface area (Å²) in [5, 5.41) is 0. The van der Waals surface area contributed by atoms with Gasteiger partial charge in [-0.2, -0.15) is 0 Å². The zero-order valence-electron chi connectivity index (χ0n) is 15.3. The number of allylic oxidation sites excluding steroid dienone is 1. The van der Waals surface area contributed by atoms with Crippen molar-refractivity contribution in [3.05, 3.63) is 23.8 Å². The maximum atomic E-state index is 12.4. The van der Waals surface area contributed by atoms with Crippen LogP contribution >= 0.6 is 0 Å². The van der Waals surface area contributed by atoms with Crippen LogP contribution < -0.4 is 0 Å². The Bertz CT molecular complexity index is 680. The zero-order valence-corrected chi connectivity index (χ0v) is 15.3. The van der Waals surface area contributed by atoms with Crippen molar-refractivity contribution in [1.29, 1.82) is 0 Å². The van der Waals surface area contributed by atoms with E-state index in [4.69, 9.17) is 14.2 Å². The Labute approximate surface area is 148 Å². The number of hydrogen-bond acceptors (Lipinski definition) is 5. The van der Waals surface area contributed by atoms with Crippen LogP contribution in [0.15, 0.2) is 23.8 Å². The number of epoxide rings is 1. The fraction of sp³-hybridized carbons (Fsp3) is 0.700. The number of hydrogen-bond donors (Lipinski definition) is 0. The van der Waals surface area contributed by atoms with Crippen LogP contribution in [0.3, 0.4) is 0 Å². The topological polar surface area (TPSA) is 65.1 Å². The van der Waals surface area contributed by atoms with Crippen LogP contribution in [-0.4, -0.2) is 36.4 Å². The molecule has 4 rings (SSSR count). The first-order valence-electron chi connectivity index (χ1n) is 9.18. The molecule has 8 unspecified atom stereocenters. The lowest BCUT2D eigenvalue weighted by Crippen LogP contribution is -2.57. The molecule has 8 atom stereocenters. The Hall–Kier alpha value is -1.62. The SMILES string of the molecule is C=C1C2OC2C(OC(=O)C(C)=CC)C2(C)CCC3C(C)C(=O)OC3C12. The number of esters is 2. The third-order valence-corrected chi connectivity index (χ3v) is 6.97. The predicted molar refractivity (Wildman–Crippen MR) is 90.5 cm³/mol. The van der Waals surface area contributed by atoms with Crippen molar-refractivity contribution in [3.63, 3.8) is 0 Å². The van der Waals surface area contributed by atoms with E-state index in [1.165, 1.54) is 0 Å². The lowest BCUT2D eigenvalue weighted by atomic mass is 9.54. The van der Waals surface area contributed by atoms with Crippen LogP contribution in [0.2, 0.25) is 0 Å². The molecule has 5 nitrogen and oxygen atoms in total. The van der Waals surface area contributed by atoms with E-state index >= 15 is 0 Å². The molecule has 0 radical (unpaired) electrons. The predicted octanol–water partition coefficient (Wildman–Crippen LogP) is 2.80. The molecule has 0 aromatic rings. The van der Waals surface area contributed by atoms with Gasteiger partial charge < -0.3 is 14.2 Å². The van der Waals surface area contributed by atoms with E-state index in [1.54, 1.807) is 13.0 Å². The number of fused-ring (bicyclic) bond motifs is 4. The number of carbonyl (C=O) groups excluding carboxylic acids is 2. The van der Waals surface area contributed by atoms with Crippen molar-refractivity contribution in [1.82, 2.24) is 0 Å². The molecule has 2 aliphatic heterocycles. The first-order chi connectivity index (χ1) is 11.8. The first-order valence-corrected chi connectivity index (χ1v) is 9.18. The molecule has 25 heavy (non-hydrogen) atoms. The van der Waals surface area contributed by atoms with Crippen molar-refractivity contribution in [2.75, 3.05) is 0 Å². The molecule has 4 fully saturated rings. The molecular weight excluding hydrogens is 320 g/mol. The van der Waals surface area contributed by atoms with Crippen LogP contribution in [0.4, 0.5) is 0 Å². The standard InChI is InChI=1S/C20H26O5/c1-6-9(2)18(21)25-17-16-14(23-16)11(4)13-15-12(7-8-20(13,17)5)10(3)19(22)24-15/h6,10,12-17H,4,7-8H2,1-3,5H3. The third kappa shape index (κ3) is 2.24. The highest BCUT2D eigenvalue weighted by Crippen LogP contribution is 2.62. The molecule has 2 aliphatic carbocycles. The highest BCUT2D eigenvalue weighted by molar-refractivity contribution is 5.87. The number of rotatable bonds is 2. The molecule has 2 saturated carbocycles. The largest absolute Gasteiger partial charge is 0.461 e. The third-order valence-electron chi connectivity index (χ3n) is 6.97. The maximum Gasteiger partial charge on any atom is 0.333 e. The Morgan fingerprint density at radius 3 is 2.80 bits per heavy atom. The summed E-state index contributed by atoms with van der Waals surface area (Å²) in [4.78, 5) is 24.5. The zero-order chi connectivity index (χ0) is 18.1. The van der Waals surface area contributed by atoms with E-state index in [-0.39, 0.29) is 59.5 Å². The number of ether oxygens (including phenoxy) is 3. The van der Waals surface area contributed by atoms with Crippen LogP contribution in [0.1, 0.15) is 40.5 Å². The fourth-order valence-corrected chi connectivity index (χ4v) is 5.21. The van der Waals surface area contributed by atoms with Gasteiger partial charge in [-0.1, -0.05) is 26.5 Å². The molecule has 136 valence electrons. The molecule has 0 bridgehead atoms. The Balaban J connectivity index is 1.67. The average Bonchev–Trinajstić information content (AvgIpc) is 3.32. The highest BCUT2D eigenvalue weighted by Gasteiger charge is 2.69. The van der Waals surface area contributed by atoms with Gasteiger partial charge in [-0.05, 0) is 32.3 Å².